The number of likely N-dealkylation sites (tertiary alicyclic amines) is 1. The van der Waals surface area contributed by atoms with Crippen LogP contribution in [0.2, 0.25) is 0 Å². The number of benzene rings is 3. The van der Waals surface area contributed by atoms with Crippen molar-refractivity contribution in [3.8, 4) is 0 Å². The maximum atomic E-state index is 6.68. The summed E-state index contributed by atoms with van der Waals surface area (Å²) in [4.78, 5) is 8.66. The molecule has 1 aliphatic rings. The van der Waals surface area contributed by atoms with Crippen molar-refractivity contribution in [1.29, 1.82) is 0 Å². The number of para-hydroxylation sites is 1. The number of nitrogens with zero attached hydrogens (tertiary/aromatic N) is 2. The molecule has 5 rings (SSSR count). The van der Waals surface area contributed by atoms with Gasteiger partial charge < -0.3 is 9.57 Å². The Labute approximate surface area is 190 Å². The third-order valence-corrected chi connectivity index (χ3v) is 6.35. The first-order valence-corrected chi connectivity index (χ1v) is 11.5. The van der Waals surface area contributed by atoms with Crippen molar-refractivity contribution in [2.24, 2.45) is 0 Å². The zero-order valence-corrected chi connectivity index (χ0v) is 18.5. The van der Waals surface area contributed by atoms with Crippen molar-refractivity contribution < 1.29 is 9.57 Å². The summed E-state index contributed by atoms with van der Waals surface area (Å²) in [5.41, 5.74) is 3.51. The molecule has 32 heavy (non-hydrogen) atoms. The highest BCUT2D eigenvalue weighted by atomic mass is 16.7. The van der Waals surface area contributed by atoms with Crippen molar-refractivity contribution in [1.82, 2.24) is 9.63 Å². The SMILES string of the molecule is CC(On1ccc2ccccc21)N1CCC(OC(c2ccccc2)c2ccccc2)CC1. The van der Waals surface area contributed by atoms with Crippen LogP contribution in [-0.4, -0.2) is 35.1 Å². The molecule has 0 saturated carbocycles. The van der Waals surface area contributed by atoms with Gasteiger partial charge in [-0.05, 0) is 43.0 Å². The molecule has 1 aliphatic heterocycles. The Morgan fingerprint density at radius 2 is 1.34 bits per heavy atom. The Morgan fingerprint density at radius 1 is 0.750 bits per heavy atom. The fourth-order valence-electron chi connectivity index (χ4n) is 4.55. The lowest BCUT2D eigenvalue weighted by Crippen LogP contribution is -2.46. The number of aromatic nitrogens is 1. The molecule has 164 valence electrons. The Balaban J connectivity index is 1.22. The molecule has 0 bridgehead atoms. The summed E-state index contributed by atoms with van der Waals surface area (Å²) in [6, 6.07) is 31.5. The van der Waals surface area contributed by atoms with E-state index in [1.165, 1.54) is 16.5 Å². The molecule has 0 N–H and O–H groups in total. The van der Waals surface area contributed by atoms with Gasteiger partial charge in [-0.15, -0.1) is 0 Å². The minimum Gasteiger partial charge on any atom is -0.395 e. The highest BCUT2D eigenvalue weighted by molar-refractivity contribution is 5.79. The van der Waals surface area contributed by atoms with E-state index in [0.29, 0.717) is 0 Å². The molecule has 1 fully saturated rings. The van der Waals surface area contributed by atoms with Gasteiger partial charge in [-0.1, -0.05) is 78.9 Å². The van der Waals surface area contributed by atoms with Crippen molar-refractivity contribution >= 4 is 10.9 Å². The predicted molar refractivity (Wildman–Crippen MR) is 128 cm³/mol. The topological polar surface area (TPSA) is 26.6 Å². The average molecular weight is 427 g/mol. The lowest BCUT2D eigenvalue weighted by atomic mass is 10.00. The van der Waals surface area contributed by atoms with E-state index in [1.54, 1.807) is 0 Å². The van der Waals surface area contributed by atoms with E-state index in [-0.39, 0.29) is 18.4 Å². The van der Waals surface area contributed by atoms with E-state index < -0.39 is 0 Å². The third kappa shape index (κ3) is 4.57. The van der Waals surface area contributed by atoms with E-state index in [4.69, 9.17) is 9.57 Å². The summed E-state index contributed by atoms with van der Waals surface area (Å²) in [6.07, 6.45) is 4.20. The number of hydrogen-bond donors (Lipinski definition) is 0. The number of hydrogen-bond acceptors (Lipinski definition) is 3. The van der Waals surface area contributed by atoms with E-state index >= 15 is 0 Å². The van der Waals surface area contributed by atoms with Crippen LogP contribution in [0.4, 0.5) is 0 Å². The van der Waals surface area contributed by atoms with Gasteiger partial charge in [0.25, 0.3) is 0 Å². The monoisotopic (exact) mass is 426 g/mol. The fourth-order valence-corrected chi connectivity index (χ4v) is 4.55. The predicted octanol–water partition coefficient (Wildman–Crippen LogP) is 5.69. The second-order valence-corrected chi connectivity index (χ2v) is 8.48. The van der Waals surface area contributed by atoms with Gasteiger partial charge >= 0.3 is 0 Å². The largest absolute Gasteiger partial charge is 0.395 e. The quantitative estimate of drug-likeness (QED) is 0.380. The van der Waals surface area contributed by atoms with E-state index in [0.717, 1.165) is 31.4 Å². The number of piperidine rings is 1. The zero-order chi connectivity index (χ0) is 21.8. The van der Waals surface area contributed by atoms with E-state index in [9.17, 15) is 0 Å². The standard InChI is InChI=1S/C28H30N2O2/c1-22(32-30-21-16-23-10-8-9-15-27(23)30)29-19-17-26(18-20-29)31-28(24-11-4-2-5-12-24)25-13-6-3-7-14-25/h2-16,21-22,26,28H,17-20H2,1H3. The normalized spacial score (nSPS) is 16.4. The molecule has 1 atom stereocenters. The average Bonchev–Trinajstić information content (AvgIpc) is 3.27. The van der Waals surface area contributed by atoms with Gasteiger partial charge in [-0.2, -0.15) is 4.73 Å². The molecule has 4 heteroatoms. The third-order valence-electron chi connectivity index (χ3n) is 6.35. The highest BCUT2D eigenvalue weighted by Gasteiger charge is 2.27. The molecule has 4 nitrogen and oxygen atoms in total. The van der Waals surface area contributed by atoms with Gasteiger partial charge in [0, 0.05) is 24.7 Å². The Hall–Kier alpha value is -3.08. The van der Waals surface area contributed by atoms with Crippen LogP contribution in [0.25, 0.3) is 10.9 Å². The Morgan fingerprint density at radius 3 is 2.00 bits per heavy atom. The Kier molecular flexibility index (Phi) is 6.24. The van der Waals surface area contributed by atoms with E-state index in [1.807, 2.05) is 17.0 Å². The minimum absolute atomic E-state index is 0.00537. The molecule has 4 aromatic rings. The van der Waals surface area contributed by atoms with Crippen molar-refractivity contribution in [2.45, 2.75) is 38.2 Å². The smallest absolute Gasteiger partial charge is 0.176 e. The van der Waals surface area contributed by atoms with Gasteiger partial charge in [-0.25, -0.2) is 0 Å². The van der Waals surface area contributed by atoms with Crippen molar-refractivity contribution in [3.05, 3.63) is 108 Å². The molecule has 0 aliphatic carbocycles. The van der Waals surface area contributed by atoms with Crippen LogP contribution in [-0.2, 0) is 4.74 Å². The number of fused-ring (bicyclic) bond motifs is 1. The second kappa shape index (κ2) is 9.60. The molecule has 1 aromatic heterocycles. The number of ether oxygens (including phenoxy) is 1. The van der Waals surface area contributed by atoms with Gasteiger partial charge in [0.2, 0.25) is 0 Å². The van der Waals surface area contributed by atoms with Gasteiger partial charge in [0.05, 0.1) is 11.6 Å². The lowest BCUT2D eigenvalue weighted by Gasteiger charge is -2.37. The first-order valence-electron chi connectivity index (χ1n) is 11.5. The molecule has 0 amide bonds. The summed E-state index contributed by atoms with van der Waals surface area (Å²) in [5.74, 6) is 0. The summed E-state index contributed by atoms with van der Waals surface area (Å²) < 4.78 is 8.57. The van der Waals surface area contributed by atoms with Gasteiger partial charge in [-0.3, -0.25) is 4.90 Å². The van der Waals surface area contributed by atoms with E-state index in [2.05, 4.69) is 96.8 Å². The molecule has 0 spiro atoms. The second-order valence-electron chi connectivity index (χ2n) is 8.48. The molecule has 1 unspecified atom stereocenters. The zero-order valence-electron chi connectivity index (χ0n) is 18.5. The van der Waals surface area contributed by atoms with Crippen molar-refractivity contribution in [3.63, 3.8) is 0 Å². The van der Waals surface area contributed by atoms with Crippen LogP contribution >= 0.6 is 0 Å². The maximum Gasteiger partial charge on any atom is 0.176 e. The molecule has 0 radical (unpaired) electrons. The minimum atomic E-state index is -0.0335. The van der Waals surface area contributed by atoms with Crippen LogP contribution in [0.5, 0.6) is 0 Å². The molecule has 3 aromatic carbocycles. The first kappa shape index (κ1) is 20.8. The first-order chi connectivity index (χ1) is 15.8. The fraction of sp³-hybridized carbons (Fsp3) is 0.286. The summed E-state index contributed by atoms with van der Waals surface area (Å²) in [6.45, 7) is 4.05. The van der Waals surface area contributed by atoms with Crippen LogP contribution in [0.3, 0.4) is 0 Å². The van der Waals surface area contributed by atoms with Crippen LogP contribution < -0.4 is 4.84 Å². The number of rotatable bonds is 7. The van der Waals surface area contributed by atoms with Gasteiger partial charge in [0.1, 0.15) is 6.10 Å². The highest BCUT2D eigenvalue weighted by Crippen LogP contribution is 2.30. The van der Waals surface area contributed by atoms with Crippen LogP contribution in [0.1, 0.15) is 37.0 Å². The lowest BCUT2D eigenvalue weighted by molar-refractivity contribution is -0.0884. The maximum absolute atomic E-state index is 6.68. The molecular weight excluding hydrogens is 396 g/mol. The van der Waals surface area contributed by atoms with Crippen molar-refractivity contribution in [2.75, 3.05) is 13.1 Å². The summed E-state index contributed by atoms with van der Waals surface area (Å²) in [7, 11) is 0. The van der Waals surface area contributed by atoms with Crippen LogP contribution in [0.15, 0.2) is 97.2 Å². The van der Waals surface area contributed by atoms with Crippen LogP contribution in [0, 0.1) is 0 Å². The summed E-state index contributed by atoms with van der Waals surface area (Å²) >= 11 is 0. The van der Waals surface area contributed by atoms with Gasteiger partial charge in [0.15, 0.2) is 6.23 Å². The molecular formula is C28H30N2O2. The molecule has 1 saturated heterocycles. The Bertz CT molecular complexity index is 1080. The molecule has 2 heterocycles. The summed E-state index contributed by atoms with van der Waals surface area (Å²) in [5, 5.41) is 1.19.